The summed E-state index contributed by atoms with van der Waals surface area (Å²) in [6, 6.07) is 11.3. The van der Waals surface area contributed by atoms with Crippen molar-refractivity contribution in [3.8, 4) is 12.1 Å². The van der Waals surface area contributed by atoms with Gasteiger partial charge in [-0.05, 0) is 47.5 Å². The number of benzene rings is 1. The summed E-state index contributed by atoms with van der Waals surface area (Å²) in [6.07, 6.45) is 0.0296. The van der Waals surface area contributed by atoms with E-state index in [0.29, 0.717) is 5.69 Å². The van der Waals surface area contributed by atoms with Crippen LogP contribution in [0.15, 0.2) is 33.2 Å². The fourth-order valence-corrected chi connectivity index (χ4v) is 3.00. The normalized spacial score (nSPS) is 11.8. The number of rotatable bonds is 4. The van der Waals surface area contributed by atoms with E-state index in [1.54, 1.807) is 13.8 Å². The van der Waals surface area contributed by atoms with E-state index < -0.39 is 11.8 Å². The maximum atomic E-state index is 12.7. The van der Waals surface area contributed by atoms with Crippen LogP contribution in [0, 0.1) is 42.4 Å². The number of nitrogens with zero attached hydrogens (tertiary/aromatic N) is 4. The van der Waals surface area contributed by atoms with Crippen LogP contribution in [-0.4, -0.2) is 15.7 Å². The molecule has 0 amide bonds. The van der Waals surface area contributed by atoms with Gasteiger partial charge in [0.25, 0.3) is 0 Å². The van der Waals surface area contributed by atoms with Crippen LogP contribution < -0.4 is 0 Å². The largest absolute Gasteiger partial charge is 0.273 e. The minimum Gasteiger partial charge on any atom is -0.273 e. The van der Waals surface area contributed by atoms with E-state index in [1.165, 1.54) is 4.68 Å². The van der Waals surface area contributed by atoms with Crippen molar-refractivity contribution in [1.82, 2.24) is 9.78 Å². The van der Waals surface area contributed by atoms with Crippen LogP contribution in [0.4, 0.5) is 0 Å². The SMILES string of the molecule is Cc1nn(C(=O)C[C@H](c2ccc(Br)cc2)C(C#N)C#N)c(C)c1Br. The van der Waals surface area contributed by atoms with Crippen LogP contribution in [0.5, 0.6) is 0 Å². The van der Waals surface area contributed by atoms with Gasteiger partial charge >= 0.3 is 0 Å². The molecule has 0 N–H and O–H groups in total. The molecule has 2 aromatic rings. The van der Waals surface area contributed by atoms with Crippen LogP contribution >= 0.6 is 31.9 Å². The van der Waals surface area contributed by atoms with E-state index in [0.717, 1.165) is 20.2 Å². The lowest BCUT2D eigenvalue weighted by atomic mass is 9.85. The second-order valence-electron chi connectivity index (χ2n) is 5.39. The summed E-state index contributed by atoms with van der Waals surface area (Å²) in [7, 11) is 0. The van der Waals surface area contributed by atoms with Crippen molar-refractivity contribution < 1.29 is 4.79 Å². The molecule has 1 atom stereocenters. The van der Waals surface area contributed by atoms with Crippen molar-refractivity contribution in [3.63, 3.8) is 0 Å². The Labute approximate surface area is 157 Å². The maximum Gasteiger partial charge on any atom is 0.247 e. The van der Waals surface area contributed by atoms with Gasteiger partial charge in [0.2, 0.25) is 5.91 Å². The summed E-state index contributed by atoms with van der Waals surface area (Å²) in [5.41, 5.74) is 2.20. The first-order valence-corrected chi connectivity index (χ1v) is 8.77. The van der Waals surface area contributed by atoms with Crippen LogP contribution in [0.3, 0.4) is 0 Å². The van der Waals surface area contributed by atoms with E-state index in [4.69, 9.17) is 0 Å². The summed E-state index contributed by atoms with van der Waals surface area (Å²) < 4.78 is 3.01. The molecular weight excluding hydrogens is 436 g/mol. The van der Waals surface area contributed by atoms with Crippen molar-refractivity contribution in [2.75, 3.05) is 0 Å². The first-order valence-electron chi connectivity index (χ1n) is 7.18. The number of hydrogen-bond donors (Lipinski definition) is 0. The first-order chi connectivity index (χ1) is 11.4. The van der Waals surface area contributed by atoms with Crippen molar-refractivity contribution in [2.24, 2.45) is 5.92 Å². The zero-order chi connectivity index (χ0) is 17.9. The number of carbonyl (C=O) groups is 1. The summed E-state index contributed by atoms with van der Waals surface area (Å²) in [6.45, 7) is 3.60. The van der Waals surface area contributed by atoms with Gasteiger partial charge < -0.3 is 0 Å². The highest BCUT2D eigenvalue weighted by molar-refractivity contribution is 9.10. The van der Waals surface area contributed by atoms with Gasteiger partial charge in [-0.25, -0.2) is 4.68 Å². The van der Waals surface area contributed by atoms with Gasteiger partial charge in [0.1, 0.15) is 5.92 Å². The Morgan fingerprint density at radius 3 is 2.25 bits per heavy atom. The molecule has 1 aromatic heterocycles. The van der Waals surface area contributed by atoms with E-state index in [-0.39, 0.29) is 12.3 Å². The molecule has 2 rings (SSSR count). The molecule has 0 spiro atoms. The monoisotopic (exact) mass is 448 g/mol. The standard InChI is InChI=1S/C17H14Br2N4O/c1-10-17(19)11(2)23(22-10)16(24)7-15(13(8-20)9-21)12-3-5-14(18)6-4-12/h3-6,13,15H,7H2,1-2H3/t15-/m1/s1. The van der Waals surface area contributed by atoms with Crippen molar-refractivity contribution in [3.05, 3.63) is 50.2 Å². The Balaban J connectivity index is 2.36. The quantitative estimate of drug-likeness (QED) is 0.687. The smallest absolute Gasteiger partial charge is 0.247 e. The fraction of sp³-hybridized carbons (Fsp3) is 0.294. The van der Waals surface area contributed by atoms with Crippen LogP contribution in [0.2, 0.25) is 0 Å². The first kappa shape index (κ1) is 18.4. The van der Waals surface area contributed by atoms with Gasteiger partial charge in [-0.3, -0.25) is 4.79 Å². The third kappa shape index (κ3) is 3.75. The predicted octanol–water partition coefficient (Wildman–Crippen LogP) is 4.50. The number of aromatic nitrogens is 2. The highest BCUT2D eigenvalue weighted by Crippen LogP contribution is 2.30. The second kappa shape index (κ2) is 7.74. The maximum absolute atomic E-state index is 12.7. The molecule has 0 unspecified atom stereocenters. The predicted molar refractivity (Wildman–Crippen MR) is 96.2 cm³/mol. The molecule has 0 fully saturated rings. The number of hydrogen-bond acceptors (Lipinski definition) is 4. The summed E-state index contributed by atoms with van der Waals surface area (Å²) in [5, 5.41) is 22.8. The minimum atomic E-state index is -0.907. The Bertz CT molecular complexity index is 829. The van der Waals surface area contributed by atoms with Crippen molar-refractivity contribution >= 4 is 37.8 Å². The highest BCUT2D eigenvalue weighted by Gasteiger charge is 2.27. The lowest BCUT2D eigenvalue weighted by molar-refractivity contribution is 0.0871. The molecule has 0 aliphatic rings. The summed E-state index contributed by atoms with van der Waals surface area (Å²) in [5.74, 6) is -1.66. The van der Waals surface area contributed by atoms with Gasteiger partial charge in [-0.2, -0.15) is 15.6 Å². The molecule has 0 bridgehead atoms. The third-order valence-electron chi connectivity index (χ3n) is 3.81. The number of carbonyl (C=O) groups excluding carboxylic acids is 1. The molecule has 0 aliphatic carbocycles. The number of halogens is 2. The van der Waals surface area contributed by atoms with E-state index in [1.807, 2.05) is 36.4 Å². The van der Waals surface area contributed by atoms with Gasteiger partial charge in [-0.1, -0.05) is 28.1 Å². The molecule has 1 aromatic carbocycles. The fourth-order valence-electron chi connectivity index (χ4n) is 2.49. The Kier molecular flexibility index (Phi) is 5.93. The molecule has 0 saturated carbocycles. The zero-order valence-corrected chi connectivity index (χ0v) is 16.3. The number of aryl methyl sites for hydroxylation is 1. The van der Waals surface area contributed by atoms with E-state index in [2.05, 4.69) is 37.0 Å². The van der Waals surface area contributed by atoms with Gasteiger partial charge in [0, 0.05) is 16.8 Å². The molecule has 1 heterocycles. The van der Waals surface area contributed by atoms with Crippen LogP contribution in [-0.2, 0) is 0 Å². The lowest BCUT2D eigenvalue weighted by Gasteiger charge is -2.17. The summed E-state index contributed by atoms with van der Waals surface area (Å²) in [4.78, 5) is 12.7. The average Bonchev–Trinajstić information content (AvgIpc) is 2.83. The minimum absolute atomic E-state index is 0.0296. The average molecular weight is 450 g/mol. The van der Waals surface area contributed by atoms with Gasteiger partial charge in [0.05, 0.1) is 28.0 Å². The molecule has 5 nitrogen and oxygen atoms in total. The molecule has 7 heteroatoms. The van der Waals surface area contributed by atoms with Gasteiger partial charge in [-0.15, -0.1) is 0 Å². The Hall–Kier alpha value is -1.96. The van der Waals surface area contributed by atoms with E-state index in [9.17, 15) is 15.3 Å². The molecule has 122 valence electrons. The summed E-state index contributed by atoms with van der Waals surface area (Å²) >= 11 is 6.76. The Morgan fingerprint density at radius 1 is 1.21 bits per heavy atom. The lowest BCUT2D eigenvalue weighted by Crippen LogP contribution is -2.21. The molecule has 0 saturated heterocycles. The van der Waals surface area contributed by atoms with E-state index >= 15 is 0 Å². The van der Waals surface area contributed by atoms with Crippen molar-refractivity contribution in [1.29, 1.82) is 10.5 Å². The number of nitriles is 2. The molecular formula is C17H14Br2N4O. The molecule has 0 radical (unpaired) electrons. The molecule has 0 aliphatic heterocycles. The van der Waals surface area contributed by atoms with Crippen LogP contribution in [0.1, 0.15) is 34.1 Å². The van der Waals surface area contributed by atoms with Gasteiger partial charge in [0.15, 0.2) is 0 Å². The van der Waals surface area contributed by atoms with Crippen LogP contribution in [0.25, 0.3) is 0 Å². The third-order valence-corrected chi connectivity index (χ3v) is 5.49. The molecule has 24 heavy (non-hydrogen) atoms. The Morgan fingerprint density at radius 2 is 1.79 bits per heavy atom. The highest BCUT2D eigenvalue weighted by atomic mass is 79.9. The topological polar surface area (TPSA) is 82.5 Å². The van der Waals surface area contributed by atoms with Crippen molar-refractivity contribution in [2.45, 2.75) is 26.2 Å². The zero-order valence-electron chi connectivity index (χ0n) is 13.1. The second-order valence-corrected chi connectivity index (χ2v) is 7.10.